The van der Waals surface area contributed by atoms with Gasteiger partial charge >= 0.3 is 6.01 Å². The van der Waals surface area contributed by atoms with Gasteiger partial charge in [0, 0.05) is 55.8 Å². The summed E-state index contributed by atoms with van der Waals surface area (Å²) in [5.41, 5.74) is 2.43. The molecule has 3 aliphatic heterocycles. The Labute approximate surface area is 233 Å². The third-order valence-electron chi connectivity index (χ3n) is 9.69. The number of anilines is 1. The highest BCUT2D eigenvalue weighted by Crippen LogP contribution is 2.37. The lowest BCUT2D eigenvalue weighted by molar-refractivity contribution is -0.128. The molecule has 3 saturated heterocycles. The van der Waals surface area contributed by atoms with Crippen LogP contribution in [0.3, 0.4) is 0 Å². The number of piperidine rings is 1. The summed E-state index contributed by atoms with van der Waals surface area (Å²) in [5, 5.41) is 0. The van der Waals surface area contributed by atoms with Gasteiger partial charge < -0.3 is 19.4 Å². The van der Waals surface area contributed by atoms with Crippen LogP contribution in [-0.2, 0) is 17.6 Å². The van der Waals surface area contributed by atoms with E-state index in [2.05, 4.69) is 59.6 Å². The van der Waals surface area contributed by atoms with Crippen molar-refractivity contribution in [3.05, 3.63) is 48.2 Å². The quantitative estimate of drug-likeness (QED) is 0.521. The van der Waals surface area contributed by atoms with Crippen LogP contribution in [0.4, 0.5) is 5.82 Å². The zero-order chi connectivity index (χ0) is 26.9. The van der Waals surface area contributed by atoms with Crippen molar-refractivity contribution in [2.45, 2.75) is 76.0 Å². The minimum absolute atomic E-state index is 0.00542. The number of hydrogen-bond acceptors (Lipinski definition) is 7. The highest BCUT2D eigenvalue weighted by molar-refractivity contribution is 5.87. The fourth-order valence-electron chi connectivity index (χ4n) is 7.47. The van der Waals surface area contributed by atoms with Gasteiger partial charge in [0.25, 0.3) is 0 Å². The van der Waals surface area contributed by atoms with Gasteiger partial charge in [-0.05, 0) is 77.6 Å². The molecule has 2 aliphatic carbocycles. The summed E-state index contributed by atoms with van der Waals surface area (Å²) in [4.78, 5) is 31.9. The maximum absolute atomic E-state index is 12.4. The lowest BCUT2D eigenvalue weighted by atomic mass is 9.82. The molecule has 3 fully saturated rings. The molecule has 2 unspecified atom stereocenters. The van der Waals surface area contributed by atoms with Crippen molar-refractivity contribution in [2.75, 3.05) is 51.3 Å². The van der Waals surface area contributed by atoms with Crippen LogP contribution in [0.15, 0.2) is 37.0 Å². The number of likely N-dealkylation sites (tertiary alicyclic amines) is 2. The van der Waals surface area contributed by atoms with Gasteiger partial charge in [0.15, 0.2) is 0 Å². The number of likely N-dealkylation sites (N-methyl/N-ethyl adjacent to an activating group) is 1. The van der Waals surface area contributed by atoms with Gasteiger partial charge in [0.05, 0.1) is 5.69 Å². The number of aromatic nitrogens is 2. The molecule has 1 aromatic heterocycles. The van der Waals surface area contributed by atoms with Crippen molar-refractivity contribution in [1.29, 1.82) is 0 Å². The molecule has 6 rings (SSSR count). The standard InChI is InChI=1S/C31H44N6O2/c1-4-29(38)36-18-17-35(20-22(36)2)30-26-14-13-24(37-16-7-10-23-9-5-6-12-28(23)37)19-27(26)32-31(33-30)39-21-25-11-8-15-34(25)3/h4-6,9,12,22-25,28H,1,7-8,10-11,13-21H2,2-3H3/t22-,23?,24+,25+,28?/m1/s1. The molecule has 0 N–H and O–H groups in total. The van der Waals surface area contributed by atoms with Gasteiger partial charge in [0.2, 0.25) is 5.91 Å². The Morgan fingerprint density at radius 1 is 1.10 bits per heavy atom. The molecule has 4 heterocycles. The Kier molecular flexibility index (Phi) is 7.76. The number of carbonyl (C=O) groups excluding carboxylic acids is 1. The molecular formula is C31H44N6O2. The van der Waals surface area contributed by atoms with Crippen LogP contribution >= 0.6 is 0 Å². The fourth-order valence-corrected chi connectivity index (χ4v) is 7.47. The van der Waals surface area contributed by atoms with Crippen molar-refractivity contribution in [3.63, 3.8) is 0 Å². The third kappa shape index (κ3) is 5.38. The summed E-state index contributed by atoms with van der Waals surface area (Å²) in [5.74, 6) is 1.65. The Balaban J connectivity index is 1.26. The second-order valence-electron chi connectivity index (χ2n) is 12.1. The van der Waals surface area contributed by atoms with Gasteiger partial charge in [-0.2, -0.15) is 9.97 Å². The molecular weight excluding hydrogens is 488 g/mol. The average Bonchev–Trinajstić information content (AvgIpc) is 3.38. The Morgan fingerprint density at radius 3 is 2.74 bits per heavy atom. The smallest absolute Gasteiger partial charge is 0.318 e. The largest absolute Gasteiger partial charge is 0.462 e. The van der Waals surface area contributed by atoms with E-state index in [-0.39, 0.29) is 11.9 Å². The summed E-state index contributed by atoms with van der Waals surface area (Å²) >= 11 is 0. The van der Waals surface area contributed by atoms with Crippen LogP contribution in [-0.4, -0.2) is 101 Å². The number of ether oxygens (including phenoxy) is 1. The lowest BCUT2D eigenvalue weighted by Crippen LogP contribution is -2.54. The molecule has 5 atom stereocenters. The maximum atomic E-state index is 12.4. The number of carbonyl (C=O) groups is 1. The Hall–Kier alpha value is -2.71. The van der Waals surface area contributed by atoms with E-state index >= 15 is 0 Å². The average molecular weight is 533 g/mol. The van der Waals surface area contributed by atoms with E-state index in [0.29, 0.717) is 43.2 Å². The molecule has 0 saturated carbocycles. The molecule has 1 aromatic rings. The highest BCUT2D eigenvalue weighted by atomic mass is 16.5. The van der Waals surface area contributed by atoms with Gasteiger partial charge in [-0.1, -0.05) is 30.9 Å². The number of amides is 1. The van der Waals surface area contributed by atoms with Crippen LogP contribution in [0.2, 0.25) is 0 Å². The second-order valence-corrected chi connectivity index (χ2v) is 12.1. The van der Waals surface area contributed by atoms with Crippen molar-refractivity contribution in [1.82, 2.24) is 24.7 Å². The number of rotatable bonds is 6. The van der Waals surface area contributed by atoms with E-state index < -0.39 is 0 Å². The first kappa shape index (κ1) is 26.5. The van der Waals surface area contributed by atoms with Crippen molar-refractivity contribution >= 4 is 11.7 Å². The zero-order valence-electron chi connectivity index (χ0n) is 23.7. The molecule has 39 heavy (non-hydrogen) atoms. The van der Waals surface area contributed by atoms with E-state index in [9.17, 15) is 4.79 Å². The molecule has 0 bridgehead atoms. The molecule has 8 nitrogen and oxygen atoms in total. The van der Waals surface area contributed by atoms with Crippen LogP contribution in [0.25, 0.3) is 0 Å². The molecule has 210 valence electrons. The van der Waals surface area contributed by atoms with E-state index in [0.717, 1.165) is 63.4 Å². The summed E-state index contributed by atoms with van der Waals surface area (Å²) < 4.78 is 6.33. The number of fused-ring (bicyclic) bond motifs is 2. The van der Waals surface area contributed by atoms with Crippen LogP contribution in [0.5, 0.6) is 6.01 Å². The predicted molar refractivity (Wildman–Crippen MR) is 154 cm³/mol. The molecule has 0 spiro atoms. The normalized spacial score (nSPS) is 31.2. The van der Waals surface area contributed by atoms with Gasteiger partial charge in [-0.15, -0.1) is 0 Å². The lowest BCUT2D eigenvalue weighted by Gasteiger charge is -2.46. The van der Waals surface area contributed by atoms with E-state index in [1.165, 1.54) is 30.9 Å². The zero-order valence-corrected chi connectivity index (χ0v) is 23.7. The molecule has 1 amide bonds. The molecule has 5 aliphatic rings. The summed E-state index contributed by atoms with van der Waals surface area (Å²) in [7, 11) is 2.18. The topological polar surface area (TPSA) is 65.0 Å². The first-order valence-corrected chi connectivity index (χ1v) is 15.0. The Bertz CT molecular complexity index is 1130. The second kappa shape index (κ2) is 11.4. The first-order chi connectivity index (χ1) is 19.0. The van der Waals surface area contributed by atoms with Gasteiger partial charge in [0.1, 0.15) is 12.4 Å². The van der Waals surface area contributed by atoms with E-state index in [1.807, 2.05) is 4.90 Å². The minimum atomic E-state index is 0.00542. The monoisotopic (exact) mass is 532 g/mol. The maximum Gasteiger partial charge on any atom is 0.318 e. The number of hydrogen-bond donors (Lipinski definition) is 0. The first-order valence-electron chi connectivity index (χ1n) is 15.0. The van der Waals surface area contributed by atoms with Crippen LogP contribution in [0, 0.1) is 5.92 Å². The molecule has 0 radical (unpaired) electrons. The van der Waals surface area contributed by atoms with Crippen LogP contribution in [0.1, 0.15) is 50.3 Å². The highest BCUT2D eigenvalue weighted by Gasteiger charge is 2.37. The summed E-state index contributed by atoms with van der Waals surface area (Å²) in [6, 6.07) is 2.02. The molecule has 0 aromatic carbocycles. The summed E-state index contributed by atoms with van der Waals surface area (Å²) in [6.07, 6.45) is 18.6. The Morgan fingerprint density at radius 2 is 1.95 bits per heavy atom. The summed E-state index contributed by atoms with van der Waals surface area (Å²) in [6.45, 7) is 10.9. The number of allylic oxidation sites excluding steroid dienone is 2. The van der Waals surface area contributed by atoms with Crippen molar-refractivity contribution in [3.8, 4) is 6.01 Å². The molecule has 8 heteroatoms. The fraction of sp³-hybridized carbons (Fsp3) is 0.645. The van der Waals surface area contributed by atoms with Gasteiger partial charge in [-0.25, -0.2) is 0 Å². The van der Waals surface area contributed by atoms with Gasteiger partial charge in [-0.3, -0.25) is 9.69 Å². The minimum Gasteiger partial charge on any atom is -0.462 e. The predicted octanol–water partition coefficient (Wildman–Crippen LogP) is 3.24. The van der Waals surface area contributed by atoms with E-state index in [4.69, 9.17) is 14.7 Å². The SMILES string of the molecule is C=CC(=O)N1CCN(c2nc(OC[C@@H]3CCCN3C)nc3c2CC[C@H](N2CCCC4C=CC=CC42)C3)C[C@H]1C. The van der Waals surface area contributed by atoms with Crippen molar-refractivity contribution in [2.24, 2.45) is 5.92 Å². The third-order valence-corrected chi connectivity index (χ3v) is 9.69. The number of piperazine rings is 1. The van der Waals surface area contributed by atoms with E-state index in [1.54, 1.807) is 0 Å². The van der Waals surface area contributed by atoms with Crippen LogP contribution < -0.4 is 9.64 Å². The van der Waals surface area contributed by atoms with Crippen molar-refractivity contribution < 1.29 is 9.53 Å². The number of nitrogens with zero attached hydrogens (tertiary/aromatic N) is 6.